The molecular weight excluding hydrogens is 666 g/mol. The Hall–Kier alpha value is -4.91. The van der Waals surface area contributed by atoms with Gasteiger partial charge in [-0.1, -0.05) is 83.2 Å². The van der Waals surface area contributed by atoms with E-state index in [0.717, 1.165) is 29.0 Å². The Morgan fingerprint density at radius 2 is 1.64 bits per heavy atom. The highest BCUT2D eigenvalue weighted by Crippen LogP contribution is 2.55. The molecule has 4 aromatic carbocycles. The monoisotopic (exact) mass is 684 g/mol. The molecule has 4 heterocycles. The van der Waals surface area contributed by atoms with Gasteiger partial charge >= 0.3 is 0 Å². The molecule has 232 valence electrons. The van der Waals surface area contributed by atoms with Gasteiger partial charge in [0.15, 0.2) is 15.3 Å². The summed E-state index contributed by atoms with van der Waals surface area (Å²) in [6, 6.07) is 23.4. The maximum absolute atomic E-state index is 15.0. The van der Waals surface area contributed by atoms with Crippen LogP contribution in [-0.2, 0) is 22.6 Å². The predicted octanol–water partition coefficient (Wildman–Crippen LogP) is 7.32. The van der Waals surface area contributed by atoms with Crippen molar-refractivity contribution in [2.75, 3.05) is 9.80 Å². The Morgan fingerprint density at radius 1 is 0.894 bits per heavy atom. The smallest absolute Gasteiger partial charge is 0.297 e. The number of rotatable bonds is 6. The highest BCUT2D eigenvalue weighted by Gasteiger charge is 2.66. The van der Waals surface area contributed by atoms with Gasteiger partial charge in [0.2, 0.25) is 10.9 Å². The molecule has 8 nitrogen and oxygen atoms in total. The van der Waals surface area contributed by atoms with E-state index in [4.69, 9.17) is 16.0 Å². The van der Waals surface area contributed by atoms with Crippen molar-refractivity contribution >= 4 is 68.3 Å². The third kappa shape index (κ3) is 4.50. The van der Waals surface area contributed by atoms with Crippen LogP contribution < -0.4 is 15.2 Å². The lowest BCUT2D eigenvalue weighted by Gasteiger charge is -2.32. The van der Waals surface area contributed by atoms with Gasteiger partial charge in [0, 0.05) is 16.3 Å². The minimum absolute atomic E-state index is 0.0000363. The lowest BCUT2D eigenvalue weighted by Crippen LogP contribution is -2.53. The van der Waals surface area contributed by atoms with Crippen LogP contribution in [0.25, 0.3) is 11.0 Å². The first-order valence-corrected chi connectivity index (χ1v) is 16.4. The van der Waals surface area contributed by atoms with Crippen molar-refractivity contribution < 1.29 is 22.8 Å². The SMILES string of the molecule is O=C1c2oc3ccc(F)cc3c(=O)c2C2(C(=O)N(Cc3ccccc3Cl)c3ccccc32)N1c1nnc(SCc2ccc(F)cc2)s1. The fraction of sp³-hybridized carbons (Fsp3) is 0.0882. The molecule has 2 aliphatic rings. The maximum atomic E-state index is 15.0. The lowest BCUT2D eigenvalue weighted by molar-refractivity contribution is -0.121. The number of amides is 2. The molecule has 1 spiro atoms. The number of anilines is 2. The van der Waals surface area contributed by atoms with E-state index in [1.807, 2.05) is 0 Å². The summed E-state index contributed by atoms with van der Waals surface area (Å²) in [5, 5.41) is 8.98. The van der Waals surface area contributed by atoms with E-state index >= 15 is 4.79 Å². The zero-order chi connectivity index (χ0) is 32.4. The summed E-state index contributed by atoms with van der Waals surface area (Å²) in [6.45, 7) is 0.0388. The van der Waals surface area contributed by atoms with E-state index in [2.05, 4.69) is 10.2 Å². The number of carbonyl (C=O) groups excluding carboxylic acids is 2. The highest BCUT2D eigenvalue weighted by atomic mass is 35.5. The standard InChI is InChI=1S/C34H19ClF2N4O4S2/c35-24-7-3-1-5-19(24)16-40-25-8-4-2-6-23(25)34(31(40)44)27-28(42)22-15-21(37)13-14-26(22)45-29(27)30(43)41(34)32-38-39-33(47-32)46-17-18-9-11-20(36)12-10-18/h1-15H,16-17H2. The van der Waals surface area contributed by atoms with Crippen molar-refractivity contribution in [1.29, 1.82) is 0 Å². The van der Waals surface area contributed by atoms with Crippen LogP contribution in [0, 0.1) is 11.6 Å². The first kappa shape index (κ1) is 29.5. The summed E-state index contributed by atoms with van der Waals surface area (Å²) in [7, 11) is 0. The van der Waals surface area contributed by atoms with Crippen LogP contribution >= 0.6 is 34.7 Å². The van der Waals surface area contributed by atoms with Gasteiger partial charge in [-0.05, 0) is 53.6 Å². The van der Waals surface area contributed by atoms with Gasteiger partial charge in [0.05, 0.1) is 23.2 Å². The fourth-order valence-electron chi connectivity index (χ4n) is 6.17. The van der Waals surface area contributed by atoms with Crippen LogP contribution in [0.2, 0.25) is 5.02 Å². The molecule has 0 saturated heterocycles. The van der Waals surface area contributed by atoms with Crippen LogP contribution in [0.4, 0.5) is 19.6 Å². The first-order chi connectivity index (χ1) is 22.8. The molecule has 2 aliphatic heterocycles. The van der Waals surface area contributed by atoms with E-state index in [0.29, 0.717) is 31.9 Å². The highest BCUT2D eigenvalue weighted by molar-refractivity contribution is 8.00. The van der Waals surface area contributed by atoms with Crippen LogP contribution in [0.1, 0.15) is 32.8 Å². The fourth-order valence-corrected chi connectivity index (χ4v) is 8.21. The number of aromatic nitrogens is 2. The molecule has 0 radical (unpaired) electrons. The van der Waals surface area contributed by atoms with E-state index in [9.17, 15) is 18.4 Å². The molecule has 1 unspecified atom stereocenters. The number of benzene rings is 4. The van der Waals surface area contributed by atoms with Crippen molar-refractivity contribution in [3.63, 3.8) is 0 Å². The van der Waals surface area contributed by atoms with Crippen LogP contribution in [-0.4, -0.2) is 22.0 Å². The average molecular weight is 685 g/mol. The van der Waals surface area contributed by atoms with Crippen LogP contribution in [0.15, 0.2) is 105 Å². The number of halogens is 3. The molecule has 0 N–H and O–H groups in total. The van der Waals surface area contributed by atoms with Gasteiger partial charge in [0.1, 0.15) is 17.2 Å². The molecule has 47 heavy (non-hydrogen) atoms. The molecule has 2 amide bonds. The number of hydrogen-bond donors (Lipinski definition) is 0. The summed E-state index contributed by atoms with van der Waals surface area (Å²) < 4.78 is 34.4. The minimum Gasteiger partial charge on any atom is -0.450 e. The van der Waals surface area contributed by atoms with Gasteiger partial charge < -0.3 is 9.32 Å². The van der Waals surface area contributed by atoms with Gasteiger partial charge in [-0.25, -0.2) is 8.78 Å². The predicted molar refractivity (Wildman–Crippen MR) is 175 cm³/mol. The molecule has 13 heteroatoms. The second-order valence-electron chi connectivity index (χ2n) is 10.9. The summed E-state index contributed by atoms with van der Waals surface area (Å²) >= 11 is 8.89. The number of fused-ring (bicyclic) bond motifs is 5. The molecule has 1 atom stereocenters. The molecule has 0 fully saturated rings. The van der Waals surface area contributed by atoms with Crippen LogP contribution in [0.5, 0.6) is 0 Å². The number of nitrogens with zero attached hydrogens (tertiary/aromatic N) is 4. The Bertz CT molecular complexity index is 2330. The minimum atomic E-state index is -2.04. The zero-order valence-electron chi connectivity index (χ0n) is 23.9. The van der Waals surface area contributed by atoms with Crippen molar-refractivity contribution in [3.05, 3.63) is 146 Å². The molecule has 0 saturated carbocycles. The van der Waals surface area contributed by atoms with Crippen molar-refractivity contribution in [2.45, 2.75) is 22.2 Å². The molecule has 6 aromatic rings. The summed E-state index contributed by atoms with van der Waals surface area (Å²) in [6.07, 6.45) is 0. The summed E-state index contributed by atoms with van der Waals surface area (Å²) in [5.41, 5.74) is -0.680. The molecule has 8 rings (SSSR count). The molecular formula is C34H19ClF2N4O4S2. The summed E-state index contributed by atoms with van der Waals surface area (Å²) in [5.74, 6) is -2.30. The quantitative estimate of drug-likeness (QED) is 0.134. The number of carbonyl (C=O) groups is 2. The molecule has 2 aromatic heterocycles. The van der Waals surface area contributed by atoms with E-state index in [1.165, 1.54) is 39.8 Å². The van der Waals surface area contributed by atoms with Gasteiger partial charge in [-0.15, -0.1) is 10.2 Å². The second kappa shape index (κ2) is 11.1. The Kier molecular flexibility index (Phi) is 6.97. The van der Waals surface area contributed by atoms with Gasteiger partial charge in [-0.2, -0.15) is 0 Å². The third-order valence-electron chi connectivity index (χ3n) is 8.24. The number of para-hydroxylation sites is 1. The zero-order valence-corrected chi connectivity index (χ0v) is 26.3. The Balaban J connectivity index is 1.32. The maximum Gasteiger partial charge on any atom is 0.297 e. The lowest BCUT2D eigenvalue weighted by atomic mass is 9.84. The summed E-state index contributed by atoms with van der Waals surface area (Å²) in [4.78, 5) is 46.5. The number of hydrogen-bond acceptors (Lipinski definition) is 8. The van der Waals surface area contributed by atoms with E-state index in [1.54, 1.807) is 60.7 Å². The average Bonchev–Trinajstić information content (AvgIpc) is 3.71. The normalized spacial score (nSPS) is 16.8. The molecule has 0 aliphatic carbocycles. The van der Waals surface area contributed by atoms with E-state index < -0.39 is 28.6 Å². The van der Waals surface area contributed by atoms with Gasteiger partial charge in [-0.3, -0.25) is 19.3 Å². The van der Waals surface area contributed by atoms with Crippen molar-refractivity contribution in [1.82, 2.24) is 10.2 Å². The topological polar surface area (TPSA) is 96.6 Å². The van der Waals surface area contributed by atoms with Gasteiger partial charge in [0.25, 0.3) is 11.8 Å². The molecule has 0 bridgehead atoms. The van der Waals surface area contributed by atoms with Crippen molar-refractivity contribution in [2.24, 2.45) is 0 Å². The van der Waals surface area contributed by atoms with E-state index in [-0.39, 0.29) is 39.8 Å². The number of thioether (sulfide) groups is 1. The van der Waals surface area contributed by atoms with Crippen LogP contribution in [0.3, 0.4) is 0 Å². The Morgan fingerprint density at radius 3 is 2.45 bits per heavy atom. The largest absolute Gasteiger partial charge is 0.450 e. The van der Waals surface area contributed by atoms with Crippen molar-refractivity contribution in [3.8, 4) is 0 Å². The first-order valence-electron chi connectivity index (χ1n) is 14.2. The third-order valence-corrected chi connectivity index (χ3v) is 10.7. The second-order valence-corrected chi connectivity index (χ2v) is 13.5. The Labute approximate surface area is 278 Å².